The van der Waals surface area contributed by atoms with Crippen LogP contribution in [0.15, 0.2) is 0 Å². The van der Waals surface area contributed by atoms with Crippen molar-refractivity contribution in [2.24, 2.45) is 0 Å². The molecule has 0 aromatic heterocycles. The topological polar surface area (TPSA) is 160 Å². The van der Waals surface area contributed by atoms with Crippen LogP contribution in [-0.4, -0.2) is 93.1 Å². The Hall–Kier alpha value is -0.360. The van der Waals surface area contributed by atoms with Gasteiger partial charge in [-0.3, -0.25) is 0 Å². The summed E-state index contributed by atoms with van der Waals surface area (Å²) < 4.78 is 9.52. The lowest BCUT2D eigenvalue weighted by Gasteiger charge is -2.48. The van der Waals surface area contributed by atoms with Gasteiger partial charge < -0.3 is 45.2 Å². The Morgan fingerprint density at radius 1 is 0.778 bits per heavy atom. The molecule has 0 bridgehead atoms. The predicted octanol–water partition coefficient (Wildman–Crippen LogP) is -4.27. The minimum absolute atomic E-state index is 0.892. The van der Waals surface area contributed by atoms with Gasteiger partial charge in [-0.25, -0.2) is 0 Å². The maximum Gasteiger partial charge on any atom is 0.155 e. The van der Waals surface area contributed by atoms with Crippen molar-refractivity contribution in [1.29, 1.82) is 0 Å². The molecule has 2 unspecified atom stereocenters. The summed E-state index contributed by atoms with van der Waals surface area (Å²) >= 11 is 0. The van der Waals surface area contributed by atoms with Crippen LogP contribution in [0.2, 0.25) is 0 Å². The van der Waals surface area contributed by atoms with Gasteiger partial charge in [0.25, 0.3) is 0 Å². The van der Waals surface area contributed by atoms with Crippen LogP contribution in [0.5, 0.6) is 0 Å². The molecule has 0 saturated heterocycles. The second-order valence-corrected chi connectivity index (χ2v) is 3.60. The van der Waals surface area contributed by atoms with E-state index in [9.17, 15) is 20.4 Å². The second-order valence-electron chi connectivity index (χ2n) is 3.60. The summed E-state index contributed by atoms with van der Waals surface area (Å²) in [5, 5.41) is 64.1. The van der Waals surface area contributed by atoms with E-state index in [2.05, 4.69) is 0 Å². The lowest BCUT2D eigenvalue weighted by molar-refractivity contribution is -0.312. The van der Waals surface area contributed by atoms with Gasteiger partial charge in [0.05, 0.1) is 26.4 Å². The summed E-state index contributed by atoms with van der Waals surface area (Å²) in [5.41, 5.74) is -4.32. The van der Waals surface area contributed by atoms with Crippen LogP contribution in [0.3, 0.4) is 0 Å². The highest BCUT2D eigenvalue weighted by atomic mass is 16.7. The maximum atomic E-state index is 9.69. The number of hydrogen-bond donors (Lipinski definition) is 7. The molecule has 0 amide bonds. The van der Waals surface area contributed by atoms with E-state index >= 15 is 0 Å². The highest BCUT2D eigenvalue weighted by Gasteiger charge is 2.57. The highest BCUT2D eigenvalue weighted by Crippen LogP contribution is 2.33. The van der Waals surface area contributed by atoms with Gasteiger partial charge in [-0.1, -0.05) is 0 Å². The Kier molecular flexibility index (Phi) is 7.78. The molecule has 0 heterocycles. The minimum Gasteiger partial charge on any atom is -0.394 e. The van der Waals surface area contributed by atoms with E-state index in [1.807, 2.05) is 0 Å². The van der Waals surface area contributed by atoms with Crippen LogP contribution in [0.4, 0.5) is 0 Å². The van der Waals surface area contributed by atoms with Crippen molar-refractivity contribution in [3.05, 3.63) is 0 Å². The first-order valence-corrected chi connectivity index (χ1v) is 5.15. The predicted molar refractivity (Wildman–Crippen MR) is 56.2 cm³/mol. The van der Waals surface area contributed by atoms with E-state index in [0.717, 1.165) is 0 Å². The summed E-state index contributed by atoms with van der Waals surface area (Å²) in [7, 11) is 0. The van der Waals surface area contributed by atoms with Crippen LogP contribution in [-0.2, 0) is 9.47 Å². The molecule has 0 spiro atoms. The van der Waals surface area contributed by atoms with Crippen LogP contribution < -0.4 is 0 Å². The fraction of sp³-hybridized carbons (Fsp3) is 1.00. The average molecular weight is 272 g/mol. The average Bonchev–Trinajstić information content (AvgIpc) is 2.41. The smallest absolute Gasteiger partial charge is 0.155 e. The van der Waals surface area contributed by atoms with Crippen molar-refractivity contribution in [3.8, 4) is 0 Å². The molecule has 0 aromatic carbocycles. The SMILES string of the molecule is OCOC(CO)(CO)C(CO)(OCO)C(O)CO. The second kappa shape index (κ2) is 7.94. The molecule has 18 heavy (non-hydrogen) atoms. The Balaban J connectivity index is 5.58. The zero-order valence-electron chi connectivity index (χ0n) is 9.77. The van der Waals surface area contributed by atoms with Crippen molar-refractivity contribution in [1.82, 2.24) is 0 Å². The fourth-order valence-corrected chi connectivity index (χ4v) is 1.74. The molecule has 0 aliphatic carbocycles. The number of hydrogen-bond acceptors (Lipinski definition) is 9. The largest absolute Gasteiger partial charge is 0.394 e. The fourth-order valence-electron chi connectivity index (χ4n) is 1.74. The lowest BCUT2D eigenvalue weighted by Crippen LogP contribution is -2.70. The van der Waals surface area contributed by atoms with Crippen LogP contribution >= 0.6 is 0 Å². The van der Waals surface area contributed by atoms with Crippen molar-refractivity contribution < 1.29 is 45.2 Å². The number of aliphatic hydroxyl groups is 7. The Bertz CT molecular complexity index is 220. The van der Waals surface area contributed by atoms with Gasteiger partial charge in [0.15, 0.2) is 11.2 Å². The van der Waals surface area contributed by atoms with Crippen LogP contribution in [0, 0.1) is 0 Å². The number of ether oxygens (including phenoxy) is 2. The van der Waals surface area contributed by atoms with E-state index in [4.69, 9.17) is 24.8 Å². The molecular formula is C9H20O9. The standard InChI is InChI=1S/C9H20O9/c10-1-7(16)9(4-13,18-6-15)8(2-11,3-12)17-5-14/h7,10-16H,1-6H2. The van der Waals surface area contributed by atoms with Crippen molar-refractivity contribution in [2.45, 2.75) is 17.3 Å². The molecule has 2 atom stereocenters. The Morgan fingerprint density at radius 2 is 1.28 bits per heavy atom. The molecule has 9 nitrogen and oxygen atoms in total. The van der Waals surface area contributed by atoms with E-state index < -0.39 is 57.3 Å². The van der Waals surface area contributed by atoms with Crippen molar-refractivity contribution in [3.63, 3.8) is 0 Å². The first-order valence-electron chi connectivity index (χ1n) is 5.15. The molecule has 110 valence electrons. The van der Waals surface area contributed by atoms with Gasteiger partial charge in [0.2, 0.25) is 0 Å². The van der Waals surface area contributed by atoms with Crippen molar-refractivity contribution >= 4 is 0 Å². The summed E-state index contributed by atoms with van der Waals surface area (Å²) in [6.07, 6.45) is -1.78. The van der Waals surface area contributed by atoms with E-state index in [1.165, 1.54) is 0 Å². The quantitative estimate of drug-likeness (QED) is 0.195. The first kappa shape index (κ1) is 17.6. The molecule has 0 aliphatic heterocycles. The van der Waals surface area contributed by atoms with E-state index in [-0.39, 0.29) is 0 Å². The third-order valence-electron chi connectivity index (χ3n) is 2.89. The van der Waals surface area contributed by atoms with Crippen LogP contribution in [0.1, 0.15) is 0 Å². The van der Waals surface area contributed by atoms with Crippen molar-refractivity contribution in [2.75, 3.05) is 40.0 Å². The maximum absolute atomic E-state index is 9.69. The normalized spacial score (nSPS) is 17.5. The zero-order valence-corrected chi connectivity index (χ0v) is 9.77. The summed E-state index contributed by atoms with van der Waals surface area (Å²) in [5.74, 6) is 0. The monoisotopic (exact) mass is 272 g/mol. The summed E-state index contributed by atoms with van der Waals surface area (Å²) in [6.45, 7) is -5.69. The molecule has 0 aromatic rings. The first-order chi connectivity index (χ1) is 8.53. The van der Waals surface area contributed by atoms with Gasteiger partial charge >= 0.3 is 0 Å². The van der Waals surface area contributed by atoms with Gasteiger partial charge in [0, 0.05) is 0 Å². The Morgan fingerprint density at radius 3 is 1.56 bits per heavy atom. The van der Waals surface area contributed by atoms with Crippen LogP contribution in [0.25, 0.3) is 0 Å². The molecule has 0 saturated carbocycles. The lowest BCUT2D eigenvalue weighted by atomic mass is 9.79. The van der Waals surface area contributed by atoms with Gasteiger partial charge in [-0.05, 0) is 0 Å². The molecular weight excluding hydrogens is 252 g/mol. The Labute approximate surface area is 103 Å². The molecule has 0 fully saturated rings. The van der Waals surface area contributed by atoms with E-state index in [0.29, 0.717) is 0 Å². The summed E-state index contributed by atoms with van der Waals surface area (Å²) in [4.78, 5) is 0. The highest BCUT2D eigenvalue weighted by molar-refractivity contribution is 5.06. The van der Waals surface area contributed by atoms with Gasteiger partial charge in [-0.15, -0.1) is 0 Å². The number of rotatable bonds is 10. The third-order valence-corrected chi connectivity index (χ3v) is 2.89. The molecule has 0 aliphatic rings. The third kappa shape index (κ3) is 2.96. The zero-order chi connectivity index (χ0) is 14.2. The summed E-state index contributed by atoms with van der Waals surface area (Å²) in [6, 6.07) is 0. The molecule has 0 radical (unpaired) electrons. The molecule has 0 rings (SSSR count). The molecule has 7 N–H and O–H groups in total. The minimum atomic E-state index is -2.21. The van der Waals surface area contributed by atoms with Gasteiger partial charge in [0.1, 0.15) is 19.7 Å². The molecule has 9 heteroatoms. The number of aliphatic hydroxyl groups excluding tert-OH is 7. The van der Waals surface area contributed by atoms with E-state index in [1.54, 1.807) is 0 Å². The van der Waals surface area contributed by atoms with Gasteiger partial charge in [-0.2, -0.15) is 0 Å².